The van der Waals surface area contributed by atoms with Crippen LogP contribution in [0.25, 0.3) is 10.6 Å². The Balaban J connectivity index is 1.38. The van der Waals surface area contributed by atoms with Crippen LogP contribution in [-0.2, 0) is 11.2 Å². The number of aromatic nitrogens is 1. The number of hydrogen-bond acceptors (Lipinski definition) is 5. The molecule has 1 fully saturated rings. The molecule has 2 aromatic rings. The van der Waals surface area contributed by atoms with E-state index in [0.717, 1.165) is 55.3 Å². The lowest BCUT2D eigenvalue weighted by molar-refractivity contribution is 0.115. The summed E-state index contributed by atoms with van der Waals surface area (Å²) in [5.74, 6) is 1.74. The second-order valence-electron chi connectivity index (χ2n) is 6.68. The van der Waals surface area contributed by atoms with Crippen LogP contribution in [0.4, 0.5) is 0 Å². The Morgan fingerprint density at radius 3 is 2.96 bits per heavy atom. The van der Waals surface area contributed by atoms with Crippen LogP contribution in [0.1, 0.15) is 22.7 Å². The highest BCUT2D eigenvalue weighted by Crippen LogP contribution is 2.29. The van der Waals surface area contributed by atoms with Gasteiger partial charge in [-0.3, -0.25) is 4.99 Å². The number of rotatable bonds is 9. The van der Waals surface area contributed by atoms with Gasteiger partial charge in [-0.1, -0.05) is 0 Å². The van der Waals surface area contributed by atoms with E-state index in [4.69, 9.17) is 4.74 Å². The third-order valence-electron chi connectivity index (χ3n) is 4.38. The van der Waals surface area contributed by atoms with Gasteiger partial charge in [0.2, 0.25) is 0 Å². The lowest BCUT2D eigenvalue weighted by Gasteiger charge is -2.22. The fraction of sp³-hybridized carbons (Fsp3) is 0.579. The summed E-state index contributed by atoms with van der Waals surface area (Å²) in [4.78, 5) is 13.7. The molecule has 0 spiro atoms. The van der Waals surface area contributed by atoms with E-state index in [1.54, 1.807) is 11.3 Å². The van der Waals surface area contributed by atoms with Crippen LogP contribution in [0.15, 0.2) is 22.5 Å². The van der Waals surface area contributed by atoms with Crippen LogP contribution < -0.4 is 5.32 Å². The van der Waals surface area contributed by atoms with Gasteiger partial charge in [0.05, 0.1) is 22.2 Å². The lowest BCUT2D eigenvalue weighted by Crippen LogP contribution is -2.41. The van der Waals surface area contributed by atoms with Gasteiger partial charge in [-0.05, 0) is 44.2 Å². The summed E-state index contributed by atoms with van der Waals surface area (Å²) in [5.41, 5.74) is 1.10. The Morgan fingerprint density at radius 1 is 1.42 bits per heavy atom. The zero-order valence-electron chi connectivity index (χ0n) is 15.8. The number of ether oxygens (including phenoxy) is 1. The number of guanidine groups is 1. The molecule has 3 rings (SSSR count). The fourth-order valence-electron chi connectivity index (χ4n) is 2.65. The first kappa shape index (κ1) is 19.3. The van der Waals surface area contributed by atoms with Gasteiger partial charge in [0.15, 0.2) is 5.96 Å². The summed E-state index contributed by atoms with van der Waals surface area (Å²) >= 11 is 3.52. The molecule has 0 bridgehead atoms. The first-order valence-corrected chi connectivity index (χ1v) is 10.9. The Kier molecular flexibility index (Phi) is 7.05. The van der Waals surface area contributed by atoms with Crippen LogP contribution in [0, 0.1) is 12.8 Å². The van der Waals surface area contributed by atoms with Crippen molar-refractivity contribution in [3.8, 4) is 10.6 Å². The normalized spacial score (nSPS) is 14.7. The molecule has 0 aliphatic heterocycles. The van der Waals surface area contributed by atoms with Gasteiger partial charge in [0.25, 0.3) is 0 Å². The third-order valence-corrected chi connectivity index (χ3v) is 6.32. The van der Waals surface area contributed by atoms with E-state index < -0.39 is 0 Å². The van der Waals surface area contributed by atoms with E-state index in [9.17, 15) is 0 Å². The molecule has 2 heterocycles. The molecule has 0 atom stereocenters. The maximum absolute atomic E-state index is 5.72. The summed E-state index contributed by atoms with van der Waals surface area (Å²) in [5, 5.41) is 6.69. The molecule has 2 aromatic heterocycles. The number of likely N-dealkylation sites (N-methyl/N-ethyl adjacent to an activating group) is 1. The van der Waals surface area contributed by atoms with E-state index in [-0.39, 0.29) is 0 Å². The number of thiophene rings is 1. The van der Waals surface area contributed by atoms with E-state index >= 15 is 0 Å². The maximum Gasteiger partial charge on any atom is 0.193 e. The highest BCUT2D eigenvalue weighted by atomic mass is 32.1. The molecule has 1 aliphatic carbocycles. The second-order valence-corrected chi connectivity index (χ2v) is 8.91. The number of thiazole rings is 1. The maximum atomic E-state index is 5.72. The zero-order chi connectivity index (χ0) is 18.4. The van der Waals surface area contributed by atoms with E-state index in [2.05, 4.69) is 44.8 Å². The van der Waals surface area contributed by atoms with Crippen molar-refractivity contribution in [2.45, 2.75) is 26.2 Å². The predicted octanol–water partition coefficient (Wildman–Crippen LogP) is 3.66. The van der Waals surface area contributed by atoms with Crippen molar-refractivity contribution < 1.29 is 4.74 Å². The highest BCUT2D eigenvalue weighted by Gasteiger charge is 2.21. The fourth-order valence-corrected chi connectivity index (χ4v) is 4.31. The van der Waals surface area contributed by atoms with Crippen molar-refractivity contribution >= 4 is 28.6 Å². The van der Waals surface area contributed by atoms with E-state index in [1.165, 1.54) is 22.6 Å². The Bertz CT molecular complexity index is 721. The van der Waals surface area contributed by atoms with Crippen molar-refractivity contribution in [1.82, 2.24) is 15.2 Å². The van der Waals surface area contributed by atoms with Crippen LogP contribution >= 0.6 is 22.7 Å². The predicted molar refractivity (Wildman–Crippen MR) is 111 cm³/mol. The lowest BCUT2D eigenvalue weighted by atomic mass is 10.3. The number of aliphatic imine (C=N–C) groups is 1. The van der Waals surface area contributed by atoms with E-state index in [1.807, 2.05) is 25.3 Å². The second kappa shape index (κ2) is 9.48. The summed E-state index contributed by atoms with van der Waals surface area (Å²) in [6, 6.07) is 4.38. The average Bonchev–Trinajstić information content (AvgIpc) is 3.16. The molecule has 1 N–H and O–H groups in total. The van der Waals surface area contributed by atoms with Crippen LogP contribution in [0.3, 0.4) is 0 Å². The van der Waals surface area contributed by atoms with Gasteiger partial charge in [-0.2, -0.15) is 0 Å². The first-order valence-electron chi connectivity index (χ1n) is 9.16. The Morgan fingerprint density at radius 2 is 2.27 bits per heavy atom. The first-order chi connectivity index (χ1) is 12.7. The molecular formula is C19H28N4OS2. The molecule has 0 unspecified atom stereocenters. The molecule has 0 saturated heterocycles. The van der Waals surface area contributed by atoms with Crippen LogP contribution in [0.2, 0.25) is 0 Å². The SMILES string of the molecule is CN=C(NCCc1ccc(-c2csc(C)n2)s1)N(C)CCOCC1CC1. The molecule has 142 valence electrons. The van der Waals surface area contributed by atoms with Crippen molar-refractivity contribution in [3.63, 3.8) is 0 Å². The van der Waals surface area contributed by atoms with Gasteiger partial charge < -0.3 is 15.0 Å². The van der Waals surface area contributed by atoms with E-state index in [0.29, 0.717) is 0 Å². The van der Waals surface area contributed by atoms with Gasteiger partial charge in [0, 0.05) is 44.0 Å². The topological polar surface area (TPSA) is 49.8 Å². The van der Waals surface area contributed by atoms with Crippen molar-refractivity contribution in [2.75, 3.05) is 40.4 Å². The molecule has 1 saturated carbocycles. The van der Waals surface area contributed by atoms with Crippen LogP contribution in [0.5, 0.6) is 0 Å². The summed E-state index contributed by atoms with van der Waals surface area (Å²) < 4.78 is 5.72. The minimum absolute atomic E-state index is 0.759. The molecule has 5 nitrogen and oxygen atoms in total. The molecule has 0 amide bonds. The largest absolute Gasteiger partial charge is 0.379 e. The van der Waals surface area contributed by atoms with Crippen LogP contribution in [-0.4, -0.2) is 56.2 Å². The summed E-state index contributed by atoms with van der Waals surface area (Å²) in [7, 11) is 3.89. The minimum atomic E-state index is 0.759. The zero-order valence-corrected chi connectivity index (χ0v) is 17.5. The number of nitrogens with zero attached hydrogens (tertiary/aromatic N) is 3. The van der Waals surface area contributed by atoms with Crippen molar-refractivity contribution in [3.05, 3.63) is 27.4 Å². The Hall–Kier alpha value is -1.44. The highest BCUT2D eigenvalue weighted by molar-refractivity contribution is 7.16. The van der Waals surface area contributed by atoms with Gasteiger partial charge >= 0.3 is 0 Å². The van der Waals surface area contributed by atoms with Crippen molar-refractivity contribution in [2.24, 2.45) is 10.9 Å². The molecular weight excluding hydrogens is 364 g/mol. The average molecular weight is 393 g/mol. The summed E-state index contributed by atoms with van der Waals surface area (Å²) in [6.45, 7) is 5.45. The number of nitrogens with one attached hydrogen (secondary N) is 1. The van der Waals surface area contributed by atoms with Gasteiger partial charge in [-0.25, -0.2) is 4.98 Å². The van der Waals surface area contributed by atoms with Gasteiger partial charge in [0.1, 0.15) is 0 Å². The molecule has 7 heteroatoms. The molecule has 0 radical (unpaired) electrons. The third kappa shape index (κ3) is 5.79. The standard InChI is InChI=1S/C19H28N4OS2/c1-14-22-17(13-25-14)18-7-6-16(26-18)8-9-21-19(20-2)23(3)10-11-24-12-15-4-5-15/h6-7,13,15H,4-5,8-12H2,1-3H3,(H,20,21). The molecule has 1 aliphatic rings. The van der Waals surface area contributed by atoms with Gasteiger partial charge in [-0.15, -0.1) is 22.7 Å². The quantitative estimate of drug-likeness (QED) is 0.402. The number of aryl methyl sites for hydroxylation is 1. The minimum Gasteiger partial charge on any atom is -0.379 e. The molecule has 0 aromatic carbocycles. The molecule has 26 heavy (non-hydrogen) atoms. The van der Waals surface area contributed by atoms with Crippen molar-refractivity contribution in [1.29, 1.82) is 0 Å². The monoisotopic (exact) mass is 392 g/mol. The number of hydrogen-bond donors (Lipinski definition) is 1. The summed E-state index contributed by atoms with van der Waals surface area (Å²) in [6.07, 6.45) is 3.66. The smallest absolute Gasteiger partial charge is 0.193 e. The Labute approximate surface area is 164 Å².